The van der Waals surface area contributed by atoms with Gasteiger partial charge in [0.1, 0.15) is 12.2 Å². The van der Waals surface area contributed by atoms with Crippen LogP contribution in [-0.2, 0) is 16.1 Å². The van der Waals surface area contributed by atoms with Crippen molar-refractivity contribution in [3.8, 4) is 0 Å². The van der Waals surface area contributed by atoms with Gasteiger partial charge in [-0.25, -0.2) is 0 Å². The van der Waals surface area contributed by atoms with Crippen molar-refractivity contribution in [2.45, 2.75) is 63.6 Å². The first-order valence-corrected chi connectivity index (χ1v) is 7.37. The van der Waals surface area contributed by atoms with Gasteiger partial charge in [0.15, 0.2) is 0 Å². The average Bonchev–Trinajstić information content (AvgIpc) is 2.89. The second-order valence-electron chi connectivity index (χ2n) is 6.56. The maximum absolute atomic E-state index is 10.7. The predicted octanol–water partition coefficient (Wildman–Crippen LogP) is 2.31. The van der Waals surface area contributed by atoms with Crippen molar-refractivity contribution in [1.82, 2.24) is 4.98 Å². The minimum Gasteiger partial charge on any atom is -0.387 e. The lowest BCUT2D eigenvalue weighted by atomic mass is 9.73. The quantitative estimate of drug-likeness (QED) is 0.917. The molecule has 4 atom stereocenters. The summed E-state index contributed by atoms with van der Waals surface area (Å²) in [6, 6.07) is 3.87. The third-order valence-electron chi connectivity index (χ3n) is 4.95. The Kier molecular flexibility index (Phi) is 3.35. The molecule has 0 radical (unpaired) electrons. The van der Waals surface area contributed by atoms with E-state index < -0.39 is 11.7 Å². The molecule has 0 saturated carbocycles. The molecule has 1 aromatic heterocycles. The summed E-state index contributed by atoms with van der Waals surface area (Å²) in [4.78, 5) is 4.08. The number of hydrogen-bond donors (Lipinski definition) is 1. The molecule has 1 N–H and O–H groups in total. The number of hydrogen-bond acceptors (Lipinski definition) is 4. The van der Waals surface area contributed by atoms with E-state index in [0.29, 0.717) is 6.61 Å². The smallest absolute Gasteiger partial charge is 0.115 e. The zero-order chi connectivity index (χ0) is 14.4. The number of aliphatic hydroxyl groups is 1. The highest BCUT2D eigenvalue weighted by Gasteiger charge is 2.66. The van der Waals surface area contributed by atoms with E-state index in [1.807, 2.05) is 12.1 Å². The van der Waals surface area contributed by atoms with E-state index in [1.165, 1.54) is 0 Å². The van der Waals surface area contributed by atoms with Gasteiger partial charge < -0.3 is 14.6 Å². The van der Waals surface area contributed by atoms with Crippen molar-refractivity contribution in [2.24, 2.45) is 5.92 Å². The summed E-state index contributed by atoms with van der Waals surface area (Å²) in [6.45, 7) is 6.74. The Morgan fingerprint density at radius 2 is 2.30 bits per heavy atom. The first-order chi connectivity index (χ1) is 9.48. The molecule has 4 heteroatoms. The fourth-order valence-electron chi connectivity index (χ4n) is 3.66. The highest BCUT2D eigenvalue weighted by molar-refractivity contribution is 5.16. The lowest BCUT2D eigenvalue weighted by Crippen LogP contribution is -2.51. The molecule has 0 spiro atoms. The molecular weight excluding hydrogens is 254 g/mol. The van der Waals surface area contributed by atoms with Crippen LogP contribution in [0.2, 0.25) is 0 Å². The fraction of sp³-hybridized carbons (Fsp3) is 0.688. The number of aromatic nitrogens is 1. The number of rotatable bonds is 4. The van der Waals surface area contributed by atoms with Crippen molar-refractivity contribution in [3.63, 3.8) is 0 Å². The fourth-order valence-corrected chi connectivity index (χ4v) is 3.66. The van der Waals surface area contributed by atoms with Crippen LogP contribution in [0.25, 0.3) is 0 Å². The van der Waals surface area contributed by atoms with Crippen molar-refractivity contribution in [3.05, 3.63) is 30.1 Å². The Morgan fingerprint density at radius 3 is 2.90 bits per heavy atom. The van der Waals surface area contributed by atoms with Crippen LogP contribution in [0.15, 0.2) is 24.5 Å². The van der Waals surface area contributed by atoms with Gasteiger partial charge in [-0.2, -0.15) is 0 Å². The Balaban J connectivity index is 1.74. The van der Waals surface area contributed by atoms with Gasteiger partial charge in [0.05, 0.1) is 17.8 Å². The lowest BCUT2D eigenvalue weighted by Gasteiger charge is -2.36. The van der Waals surface area contributed by atoms with E-state index >= 15 is 0 Å². The molecule has 0 unspecified atom stereocenters. The normalized spacial score (nSPS) is 39.6. The molecule has 1 aromatic rings. The Morgan fingerprint density at radius 1 is 1.50 bits per heavy atom. The number of ether oxygens (including phenoxy) is 2. The summed E-state index contributed by atoms with van der Waals surface area (Å²) in [7, 11) is 0. The number of aliphatic hydroxyl groups excluding tert-OH is 1. The number of pyridine rings is 1. The van der Waals surface area contributed by atoms with Crippen LogP contribution in [0.3, 0.4) is 0 Å². The maximum atomic E-state index is 10.7. The van der Waals surface area contributed by atoms with E-state index in [0.717, 1.165) is 18.4 Å². The van der Waals surface area contributed by atoms with Gasteiger partial charge in [-0.3, -0.25) is 4.98 Å². The molecule has 3 heterocycles. The minimum absolute atomic E-state index is 0.265. The molecule has 2 bridgehead atoms. The second-order valence-corrected chi connectivity index (χ2v) is 6.56. The van der Waals surface area contributed by atoms with Crippen LogP contribution < -0.4 is 0 Å². The monoisotopic (exact) mass is 277 g/mol. The van der Waals surface area contributed by atoms with Gasteiger partial charge in [0, 0.05) is 12.4 Å². The lowest BCUT2D eigenvalue weighted by molar-refractivity contribution is -0.0979. The van der Waals surface area contributed by atoms with E-state index in [2.05, 4.69) is 25.8 Å². The molecule has 3 rings (SSSR count). The van der Waals surface area contributed by atoms with E-state index in [9.17, 15) is 5.11 Å². The molecule has 0 amide bonds. The molecule has 4 nitrogen and oxygen atoms in total. The Hall–Kier alpha value is -0.970. The van der Waals surface area contributed by atoms with Gasteiger partial charge in [-0.15, -0.1) is 0 Å². The predicted molar refractivity (Wildman–Crippen MR) is 75.1 cm³/mol. The van der Waals surface area contributed by atoms with Crippen molar-refractivity contribution in [2.75, 3.05) is 0 Å². The van der Waals surface area contributed by atoms with Gasteiger partial charge in [0.25, 0.3) is 0 Å². The van der Waals surface area contributed by atoms with Crippen LogP contribution in [0, 0.1) is 5.92 Å². The molecule has 2 saturated heterocycles. The standard InChI is InChI=1S/C16H23NO3/c1-11(2)16-7-6-15(3,20-16)14(13(16)18)19-10-12-5-4-8-17-9-12/h4-5,8-9,11,13-14,18H,6-7,10H2,1-3H3/t13-,14-,15+,16+/m1/s1. The average molecular weight is 277 g/mol. The second kappa shape index (κ2) is 4.79. The van der Waals surface area contributed by atoms with Crippen molar-refractivity contribution >= 4 is 0 Å². The van der Waals surface area contributed by atoms with Gasteiger partial charge in [-0.05, 0) is 37.3 Å². The first-order valence-electron chi connectivity index (χ1n) is 7.37. The van der Waals surface area contributed by atoms with Crippen LogP contribution in [0.5, 0.6) is 0 Å². The largest absolute Gasteiger partial charge is 0.387 e. The topological polar surface area (TPSA) is 51.6 Å². The van der Waals surface area contributed by atoms with E-state index in [4.69, 9.17) is 9.47 Å². The van der Waals surface area contributed by atoms with Crippen LogP contribution in [0.4, 0.5) is 0 Å². The molecule has 2 fully saturated rings. The molecule has 0 aliphatic carbocycles. The highest BCUT2D eigenvalue weighted by Crippen LogP contribution is 2.55. The summed E-state index contributed by atoms with van der Waals surface area (Å²) in [5, 5.41) is 10.7. The van der Waals surface area contributed by atoms with E-state index in [-0.39, 0.29) is 17.6 Å². The van der Waals surface area contributed by atoms with Crippen molar-refractivity contribution in [1.29, 1.82) is 0 Å². The molecule has 110 valence electrons. The first kappa shape index (κ1) is 14.0. The summed E-state index contributed by atoms with van der Waals surface area (Å²) < 4.78 is 12.2. The van der Waals surface area contributed by atoms with Crippen LogP contribution in [0.1, 0.15) is 39.2 Å². The molecule has 20 heavy (non-hydrogen) atoms. The Bertz CT molecular complexity index is 478. The maximum Gasteiger partial charge on any atom is 0.115 e. The molecule has 2 aliphatic heterocycles. The summed E-state index contributed by atoms with van der Waals surface area (Å²) in [5.41, 5.74) is 0.213. The molecular formula is C16H23NO3. The number of fused-ring (bicyclic) bond motifs is 2. The van der Waals surface area contributed by atoms with Gasteiger partial charge >= 0.3 is 0 Å². The highest BCUT2D eigenvalue weighted by atomic mass is 16.6. The molecule has 2 aliphatic rings. The molecule has 0 aromatic carbocycles. The number of nitrogens with zero attached hydrogens (tertiary/aromatic N) is 1. The third kappa shape index (κ3) is 1.98. The van der Waals surface area contributed by atoms with Crippen LogP contribution >= 0.6 is 0 Å². The Labute approximate surface area is 120 Å². The van der Waals surface area contributed by atoms with Gasteiger partial charge in [0.2, 0.25) is 0 Å². The summed E-state index contributed by atoms with van der Waals surface area (Å²) in [6.07, 6.45) is 4.57. The summed E-state index contributed by atoms with van der Waals surface area (Å²) in [5.74, 6) is 0.284. The zero-order valence-corrected chi connectivity index (χ0v) is 12.4. The van der Waals surface area contributed by atoms with E-state index in [1.54, 1.807) is 12.4 Å². The summed E-state index contributed by atoms with van der Waals surface area (Å²) >= 11 is 0. The van der Waals surface area contributed by atoms with Gasteiger partial charge in [-0.1, -0.05) is 19.9 Å². The zero-order valence-electron chi connectivity index (χ0n) is 12.4. The SMILES string of the molecule is CC(C)[C@]12CC[C@](C)(O1)[C@H](OCc1cccnc1)[C@H]2O. The van der Waals surface area contributed by atoms with Crippen molar-refractivity contribution < 1.29 is 14.6 Å². The third-order valence-corrected chi connectivity index (χ3v) is 4.95. The van der Waals surface area contributed by atoms with Crippen LogP contribution in [-0.4, -0.2) is 33.5 Å². The minimum atomic E-state index is -0.557.